The summed E-state index contributed by atoms with van der Waals surface area (Å²) < 4.78 is 27.4. The van der Waals surface area contributed by atoms with Gasteiger partial charge < -0.3 is 5.32 Å². The molecule has 0 aliphatic carbocycles. The van der Waals surface area contributed by atoms with Crippen LogP contribution in [0.15, 0.2) is 63.0 Å². The Labute approximate surface area is 176 Å². The van der Waals surface area contributed by atoms with Gasteiger partial charge in [0.2, 0.25) is 15.9 Å². The van der Waals surface area contributed by atoms with Gasteiger partial charge in [-0.15, -0.1) is 0 Å². The van der Waals surface area contributed by atoms with Gasteiger partial charge in [0.1, 0.15) is 0 Å². The smallest absolute Gasteiger partial charge is 0.261 e. The van der Waals surface area contributed by atoms with Gasteiger partial charge in [0.25, 0.3) is 5.56 Å². The first kappa shape index (κ1) is 21.2. The zero-order chi connectivity index (χ0) is 21.2. The highest BCUT2D eigenvalue weighted by atomic mass is 79.9. The molecule has 3 rings (SSSR count). The molecule has 29 heavy (non-hydrogen) atoms. The standard InChI is InChI=1S/C19H19BrN4O4S/c1-23(2)29(27,28)15-6-4-14(5-7-15)22-18(25)9-10-24-12-21-17-8-3-13(20)11-16(17)19(24)26/h3-8,11-12H,9-10H2,1-2H3,(H,22,25). The van der Waals surface area contributed by atoms with Crippen LogP contribution in [-0.2, 0) is 21.4 Å². The summed E-state index contributed by atoms with van der Waals surface area (Å²) in [6, 6.07) is 11.2. The molecule has 0 saturated carbocycles. The van der Waals surface area contributed by atoms with Crippen molar-refractivity contribution in [1.82, 2.24) is 13.9 Å². The monoisotopic (exact) mass is 478 g/mol. The lowest BCUT2D eigenvalue weighted by Crippen LogP contribution is -2.24. The van der Waals surface area contributed by atoms with Crippen molar-refractivity contribution in [2.24, 2.45) is 0 Å². The van der Waals surface area contributed by atoms with E-state index in [0.717, 1.165) is 8.78 Å². The Balaban J connectivity index is 1.67. The van der Waals surface area contributed by atoms with Crippen LogP contribution >= 0.6 is 15.9 Å². The van der Waals surface area contributed by atoms with Gasteiger partial charge in [-0.2, -0.15) is 0 Å². The second kappa shape index (κ2) is 8.44. The molecule has 10 heteroatoms. The summed E-state index contributed by atoms with van der Waals surface area (Å²) >= 11 is 3.34. The van der Waals surface area contributed by atoms with Crippen molar-refractivity contribution in [1.29, 1.82) is 0 Å². The Morgan fingerprint density at radius 2 is 1.86 bits per heavy atom. The van der Waals surface area contributed by atoms with E-state index < -0.39 is 10.0 Å². The Morgan fingerprint density at radius 1 is 1.17 bits per heavy atom. The largest absolute Gasteiger partial charge is 0.326 e. The molecular weight excluding hydrogens is 460 g/mol. The van der Waals surface area contributed by atoms with Gasteiger partial charge in [0.05, 0.1) is 22.1 Å². The number of carbonyl (C=O) groups excluding carboxylic acids is 1. The highest BCUT2D eigenvalue weighted by molar-refractivity contribution is 9.10. The van der Waals surface area contributed by atoms with Crippen LogP contribution in [0, 0.1) is 0 Å². The zero-order valence-corrected chi connectivity index (χ0v) is 18.2. The van der Waals surface area contributed by atoms with E-state index >= 15 is 0 Å². The Morgan fingerprint density at radius 3 is 2.52 bits per heavy atom. The first-order valence-electron chi connectivity index (χ1n) is 8.65. The van der Waals surface area contributed by atoms with Gasteiger partial charge >= 0.3 is 0 Å². The van der Waals surface area contributed by atoms with Crippen molar-refractivity contribution in [2.45, 2.75) is 17.9 Å². The van der Waals surface area contributed by atoms with Crippen molar-refractivity contribution < 1.29 is 13.2 Å². The number of nitrogens with one attached hydrogen (secondary N) is 1. The van der Waals surface area contributed by atoms with E-state index in [1.165, 1.54) is 49.3 Å². The number of sulfonamides is 1. The average Bonchev–Trinajstić information content (AvgIpc) is 2.68. The quantitative estimate of drug-likeness (QED) is 0.586. The van der Waals surface area contributed by atoms with Crippen molar-refractivity contribution in [3.8, 4) is 0 Å². The van der Waals surface area contributed by atoms with Crippen LogP contribution in [0.5, 0.6) is 0 Å². The summed E-state index contributed by atoms with van der Waals surface area (Å²) in [5, 5.41) is 3.17. The van der Waals surface area contributed by atoms with E-state index in [2.05, 4.69) is 26.2 Å². The highest BCUT2D eigenvalue weighted by Crippen LogP contribution is 2.17. The summed E-state index contributed by atoms with van der Waals surface area (Å²) in [4.78, 5) is 29.2. The summed E-state index contributed by atoms with van der Waals surface area (Å²) in [5.41, 5.74) is 0.842. The van der Waals surface area contributed by atoms with E-state index in [1.54, 1.807) is 12.1 Å². The second-order valence-corrected chi connectivity index (χ2v) is 9.58. The van der Waals surface area contributed by atoms with Crippen molar-refractivity contribution in [3.63, 3.8) is 0 Å². The van der Waals surface area contributed by atoms with Gasteiger partial charge in [-0.1, -0.05) is 15.9 Å². The number of anilines is 1. The third-order valence-corrected chi connectivity index (χ3v) is 6.61. The molecule has 0 radical (unpaired) electrons. The average molecular weight is 479 g/mol. The molecule has 152 valence electrons. The molecule has 1 aromatic heterocycles. The van der Waals surface area contributed by atoms with Gasteiger partial charge in [-0.05, 0) is 42.5 Å². The minimum absolute atomic E-state index is 0.0683. The molecule has 0 fully saturated rings. The maximum atomic E-state index is 12.5. The van der Waals surface area contributed by atoms with E-state index in [9.17, 15) is 18.0 Å². The van der Waals surface area contributed by atoms with E-state index in [4.69, 9.17) is 0 Å². The van der Waals surface area contributed by atoms with Crippen LogP contribution < -0.4 is 10.9 Å². The van der Waals surface area contributed by atoms with Crippen LogP contribution in [0.4, 0.5) is 5.69 Å². The van der Waals surface area contributed by atoms with E-state index in [-0.39, 0.29) is 29.3 Å². The summed E-state index contributed by atoms with van der Waals surface area (Å²) in [6.45, 7) is 0.174. The number of hydrogen-bond acceptors (Lipinski definition) is 5. The summed E-state index contributed by atoms with van der Waals surface area (Å²) in [7, 11) is -0.619. The third-order valence-electron chi connectivity index (χ3n) is 4.28. The number of nitrogens with zero attached hydrogens (tertiary/aromatic N) is 3. The molecule has 0 atom stereocenters. The maximum absolute atomic E-state index is 12.5. The van der Waals surface area contributed by atoms with Crippen molar-refractivity contribution >= 4 is 48.5 Å². The van der Waals surface area contributed by atoms with Crippen LogP contribution in [0.2, 0.25) is 0 Å². The minimum atomic E-state index is -3.52. The normalized spacial score (nSPS) is 11.7. The Bertz CT molecular complexity index is 1220. The molecule has 1 amide bonds. The summed E-state index contributed by atoms with van der Waals surface area (Å²) in [5.74, 6) is -0.297. The van der Waals surface area contributed by atoms with Gasteiger partial charge in [-0.25, -0.2) is 17.7 Å². The molecule has 2 aromatic carbocycles. The van der Waals surface area contributed by atoms with Crippen molar-refractivity contribution in [3.05, 3.63) is 63.6 Å². The van der Waals surface area contributed by atoms with Gasteiger partial charge in [0.15, 0.2) is 0 Å². The molecule has 0 saturated heterocycles. The predicted octanol–water partition coefficient (Wildman–Crippen LogP) is 2.44. The van der Waals surface area contributed by atoms with Crippen LogP contribution in [0.1, 0.15) is 6.42 Å². The third kappa shape index (κ3) is 4.72. The molecule has 0 aliphatic rings. The lowest BCUT2D eigenvalue weighted by atomic mass is 10.2. The summed E-state index contributed by atoms with van der Waals surface area (Å²) in [6.07, 6.45) is 1.49. The lowest BCUT2D eigenvalue weighted by molar-refractivity contribution is -0.116. The molecule has 8 nitrogen and oxygen atoms in total. The fourth-order valence-corrected chi connectivity index (χ4v) is 3.92. The predicted molar refractivity (Wildman–Crippen MR) is 114 cm³/mol. The first-order chi connectivity index (χ1) is 13.7. The number of rotatable bonds is 6. The number of aromatic nitrogens is 2. The number of aryl methyl sites for hydroxylation is 1. The molecule has 0 spiro atoms. The zero-order valence-electron chi connectivity index (χ0n) is 15.8. The Hall–Kier alpha value is -2.56. The molecule has 0 unspecified atom stereocenters. The molecule has 0 bridgehead atoms. The van der Waals surface area contributed by atoms with E-state index in [1.807, 2.05) is 6.07 Å². The van der Waals surface area contributed by atoms with Crippen LogP contribution in [0.3, 0.4) is 0 Å². The van der Waals surface area contributed by atoms with Crippen LogP contribution in [0.25, 0.3) is 10.9 Å². The number of amides is 1. The van der Waals surface area contributed by atoms with Crippen molar-refractivity contribution in [2.75, 3.05) is 19.4 Å². The van der Waals surface area contributed by atoms with E-state index in [0.29, 0.717) is 16.6 Å². The fourth-order valence-electron chi connectivity index (χ4n) is 2.66. The fraction of sp³-hybridized carbons (Fsp3) is 0.211. The molecule has 0 aliphatic heterocycles. The second-order valence-electron chi connectivity index (χ2n) is 6.51. The van der Waals surface area contributed by atoms with Gasteiger partial charge in [0, 0.05) is 37.2 Å². The maximum Gasteiger partial charge on any atom is 0.261 e. The topological polar surface area (TPSA) is 101 Å². The van der Waals surface area contributed by atoms with Crippen LogP contribution in [-0.4, -0.2) is 42.3 Å². The number of benzene rings is 2. The molecule has 1 heterocycles. The Kier molecular flexibility index (Phi) is 6.15. The highest BCUT2D eigenvalue weighted by Gasteiger charge is 2.16. The molecular formula is C19H19BrN4O4S. The first-order valence-corrected chi connectivity index (χ1v) is 10.9. The number of halogens is 1. The SMILES string of the molecule is CN(C)S(=O)(=O)c1ccc(NC(=O)CCn2cnc3ccc(Br)cc3c2=O)cc1. The lowest BCUT2D eigenvalue weighted by Gasteiger charge is -2.12. The number of hydrogen-bond donors (Lipinski definition) is 1. The molecule has 3 aromatic rings. The van der Waals surface area contributed by atoms with Gasteiger partial charge in [-0.3, -0.25) is 14.2 Å². The molecule has 1 N–H and O–H groups in total. The number of fused-ring (bicyclic) bond motifs is 1. The minimum Gasteiger partial charge on any atom is -0.326 e. The number of carbonyl (C=O) groups is 1.